The molecule has 1 aliphatic heterocycles. The minimum atomic E-state index is -3.48. The van der Waals surface area contributed by atoms with Gasteiger partial charge in [0.15, 0.2) is 5.82 Å². The van der Waals surface area contributed by atoms with Crippen molar-refractivity contribution in [1.29, 1.82) is 0 Å². The van der Waals surface area contributed by atoms with Crippen molar-refractivity contribution >= 4 is 27.3 Å². The molecule has 2 aliphatic rings. The van der Waals surface area contributed by atoms with Crippen molar-refractivity contribution in [2.45, 2.75) is 50.8 Å². The van der Waals surface area contributed by atoms with Gasteiger partial charge >= 0.3 is 0 Å². The van der Waals surface area contributed by atoms with E-state index in [-0.39, 0.29) is 17.3 Å². The van der Waals surface area contributed by atoms with Crippen LogP contribution in [0.15, 0.2) is 49.3 Å². The summed E-state index contributed by atoms with van der Waals surface area (Å²) >= 11 is 0. The second kappa shape index (κ2) is 13.2. The van der Waals surface area contributed by atoms with Gasteiger partial charge in [-0.2, -0.15) is 14.3 Å². The van der Waals surface area contributed by atoms with Crippen LogP contribution in [0.3, 0.4) is 0 Å². The lowest BCUT2D eigenvalue weighted by Crippen LogP contribution is -2.40. The zero-order valence-corrected chi connectivity index (χ0v) is 27.3. The van der Waals surface area contributed by atoms with Crippen molar-refractivity contribution in [3.8, 4) is 23.2 Å². The molecule has 242 valence electrons. The van der Waals surface area contributed by atoms with Crippen LogP contribution in [-0.2, 0) is 16.6 Å². The van der Waals surface area contributed by atoms with Crippen LogP contribution in [-0.4, -0.2) is 97.9 Å². The Hall–Kier alpha value is -4.32. The molecule has 2 N–H and O–H groups in total. The molecule has 14 heteroatoms. The SMILES string of the molecule is CN(C)CCCn1cc(C#Cc2cnc(Nc3ccnc(-c4cnn(S(=O)(=O)C5CC5)c4)n3)cc2N2CCC(C)(CO)CC2)cn1. The van der Waals surface area contributed by atoms with Crippen molar-refractivity contribution in [2.24, 2.45) is 5.41 Å². The molecular formula is C32H40N10O3S. The molecule has 0 amide bonds. The summed E-state index contributed by atoms with van der Waals surface area (Å²) in [4.78, 5) is 18.0. The standard InChI is InChI=1S/C32H40N10O3S/c1-32(23-43)10-15-40(16-11-32)28-17-30(34-19-25(28)6-5-24-18-35-41(21-24)14-4-13-39(2)3)37-29-9-12-33-31(38-29)26-20-36-42(22-26)46(44,45)27-7-8-27/h9,12,17-22,27,43H,4,7-8,10-11,13-16,23H2,1-3H3,(H,33,34,37,38). The Kier molecular flexibility index (Phi) is 9.08. The fourth-order valence-electron chi connectivity index (χ4n) is 5.33. The normalized spacial score (nSPS) is 16.3. The van der Waals surface area contributed by atoms with Crippen molar-refractivity contribution in [3.05, 3.63) is 60.4 Å². The molecule has 0 radical (unpaired) electrons. The molecule has 0 bridgehead atoms. The van der Waals surface area contributed by atoms with E-state index in [1.165, 1.54) is 12.4 Å². The van der Waals surface area contributed by atoms with Gasteiger partial charge in [-0.25, -0.2) is 23.4 Å². The summed E-state index contributed by atoms with van der Waals surface area (Å²) in [5.74, 6) is 8.03. The van der Waals surface area contributed by atoms with Gasteiger partial charge < -0.3 is 20.2 Å². The number of piperidine rings is 1. The Balaban J connectivity index is 1.23. The van der Waals surface area contributed by atoms with Crippen LogP contribution < -0.4 is 10.2 Å². The molecule has 4 aromatic rings. The van der Waals surface area contributed by atoms with E-state index in [2.05, 4.69) is 73.1 Å². The lowest BCUT2D eigenvalue weighted by atomic mass is 9.81. The average Bonchev–Trinajstić information content (AvgIpc) is 3.62. The molecule has 0 atom stereocenters. The van der Waals surface area contributed by atoms with Gasteiger partial charge in [-0.3, -0.25) is 4.68 Å². The van der Waals surface area contributed by atoms with Crippen molar-refractivity contribution in [1.82, 2.24) is 38.8 Å². The molecule has 0 spiro atoms. The van der Waals surface area contributed by atoms with E-state index in [1.54, 1.807) is 24.7 Å². The first-order chi connectivity index (χ1) is 22.1. The van der Waals surface area contributed by atoms with E-state index in [0.717, 1.165) is 66.3 Å². The molecule has 1 aliphatic carbocycles. The van der Waals surface area contributed by atoms with Gasteiger partial charge in [-0.05, 0) is 64.2 Å². The number of aromatic nitrogens is 7. The van der Waals surface area contributed by atoms with Crippen LogP contribution >= 0.6 is 0 Å². The lowest BCUT2D eigenvalue weighted by Gasteiger charge is -2.39. The number of anilines is 3. The Labute approximate surface area is 269 Å². The number of aliphatic hydroxyl groups excluding tert-OH is 1. The lowest BCUT2D eigenvalue weighted by molar-refractivity contribution is 0.115. The fraction of sp³-hybridized carbons (Fsp3) is 0.469. The third-order valence-corrected chi connectivity index (χ3v) is 10.5. The van der Waals surface area contributed by atoms with Crippen LogP contribution in [0.2, 0.25) is 0 Å². The molecule has 4 aromatic heterocycles. The molecule has 0 unspecified atom stereocenters. The molecule has 1 saturated heterocycles. The molecule has 6 rings (SSSR count). The number of aliphatic hydroxyl groups is 1. The maximum absolute atomic E-state index is 12.6. The highest BCUT2D eigenvalue weighted by Gasteiger charge is 2.37. The van der Waals surface area contributed by atoms with Crippen LogP contribution in [0.1, 0.15) is 50.2 Å². The zero-order chi connectivity index (χ0) is 32.3. The summed E-state index contributed by atoms with van der Waals surface area (Å²) in [6.45, 7) is 5.67. The minimum Gasteiger partial charge on any atom is -0.396 e. The summed E-state index contributed by atoms with van der Waals surface area (Å²) < 4.78 is 28.1. The summed E-state index contributed by atoms with van der Waals surface area (Å²) in [7, 11) is 0.644. The molecular weight excluding hydrogens is 604 g/mol. The van der Waals surface area contributed by atoms with E-state index in [4.69, 9.17) is 0 Å². The second-order valence-corrected chi connectivity index (χ2v) is 14.7. The van der Waals surface area contributed by atoms with Crippen LogP contribution in [0.4, 0.5) is 17.3 Å². The highest BCUT2D eigenvalue weighted by atomic mass is 32.2. The average molecular weight is 645 g/mol. The first kappa shape index (κ1) is 31.7. The van der Waals surface area contributed by atoms with Gasteiger partial charge in [0.2, 0.25) is 0 Å². The Morgan fingerprint density at radius 1 is 1.07 bits per heavy atom. The van der Waals surface area contributed by atoms with E-state index in [0.29, 0.717) is 35.9 Å². The van der Waals surface area contributed by atoms with Crippen molar-refractivity contribution in [3.63, 3.8) is 0 Å². The minimum absolute atomic E-state index is 0.0965. The summed E-state index contributed by atoms with van der Waals surface area (Å²) in [5.41, 5.74) is 3.00. The Bertz CT molecular complexity index is 1840. The van der Waals surface area contributed by atoms with Crippen molar-refractivity contribution in [2.75, 3.05) is 50.6 Å². The van der Waals surface area contributed by atoms with E-state index in [9.17, 15) is 13.5 Å². The molecule has 0 aromatic carbocycles. The molecule has 1 saturated carbocycles. The Morgan fingerprint density at radius 2 is 1.87 bits per heavy atom. The van der Waals surface area contributed by atoms with Gasteiger partial charge in [0.25, 0.3) is 10.0 Å². The largest absolute Gasteiger partial charge is 0.396 e. The maximum Gasteiger partial charge on any atom is 0.256 e. The first-order valence-electron chi connectivity index (χ1n) is 15.6. The number of hydrogen-bond acceptors (Lipinski definition) is 11. The van der Waals surface area contributed by atoms with Gasteiger partial charge in [0.05, 0.1) is 46.2 Å². The topological polar surface area (TPSA) is 147 Å². The number of hydrogen-bond donors (Lipinski definition) is 2. The van der Waals surface area contributed by atoms with Crippen LogP contribution in [0.5, 0.6) is 0 Å². The van der Waals surface area contributed by atoms with Gasteiger partial charge in [0, 0.05) is 50.9 Å². The maximum atomic E-state index is 12.6. The number of pyridine rings is 1. The highest BCUT2D eigenvalue weighted by Crippen LogP contribution is 2.35. The Morgan fingerprint density at radius 3 is 2.61 bits per heavy atom. The van der Waals surface area contributed by atoms with E-state index in [1.807, 2.05) is 16.9 Å². The number of nitrogens with one attached hydrogen (secondary N) is 1. The molecule has 2 fully saturated rings. The number of aryl methyl sites for hydroxylation is 1. The van der Waals surface area contributed by atoms with E-state index >= 15 is 0 Å². The number of nitrogens with zero attached hydrogens (tertiary/aromatic N) is 9. The quantitative estimate of drug-likeness (QED) is 0.232. The predicted molar refractivity (Wildman–Crippen MR) is 176 cm³/mol. The van der Waals surface area contributed by atoms with Gasteiger partial charge in [0.1, 0.15) is 11.6 Å². The predicted octanol–water partition coefficient (Wildman–Crippen LogP) is 2.97. The van der Waals surface area contributed by atoms with Crippen LogP contribution in [0, 0.1) is 17.3 Å². The van der Waals surface area contributed by atoms with Crippen LogP contribution in [0.25, 0.3) is 11.4 Å². The van der Waals surface area contributed by atoms with Crippen molar-refractivity contribution < 1.29 is 13.5 Å². The van der Waals surface area contributed by atoms with Gasteiger partial charge in [-0.1, -0.05) is 18.8 Å². The monoisotopic (exact) mass is 644 g/mol. The fourth-order valence-corrected chi connectivity index (χ4v) is 6.81. The summed E-state index contributed by atoms with van der Waals surface area (Å²) in [6, 6.07) is 3.70. The second-order valence-electron chi connectivity index (χ2n) is 12.7. The highest BCUT2D eigenvalue weighted by molar-refractivity contribution is 7.90. The third kappa shape index (κ3) is 7.38. The van der Waals surface area contributed by atoms with Gasteiger partial charge in [-0.15, -0.1) is 0 Å². The molecule has 5 heterocycles. The molecule has 13 nitrogen and oxygen atoms in total. The third-order valence-electron chi connectivity index (χ3n) is 8.48. The zero-order valence-electron chi connectivity index (χ0n) is 26.5. The smallest absolute Gasteiger partial charge is 0.256 e. The molecule has 46 heavy (non-hydrogen) atoms. The first-order valence-corrected chi connectivity index (χ1v) is 17.1. The summed E-state index contributed by atoms with van der Waals surface area (Å²) in [6.07, 6.45) is 14.1. The number of rotatable bonds is 11. The van der Waals surface area contributed by atoms with E-state index < -0.39 is 10.0 Å². The summed E-state index contributed by atoms with van der Waals surface area (Å²) in [5, 5.41) is 21.4.